The Bertz CT molecular complexity index is 764. The fourth-order valence-corrected chi connectivity index (χ4v) is 4.47. The summed E-state index contributed by atoms with van der Waals surface area (Å²) in [6, 6.07) is 8.00. The van der Waals surface area contributed by atoms with Crippen molar-refractivity contribution < 1.29 is 4.79 Å². The second kappa shape index (κ2) is 7.48. The molecule has 0 saturated heterocycles. The first-order valence-corrected chi connectivity index (χ1v) is 9.23. The van der Waals surface area contributed by atoms with E-state index in [1.54, 1.807) is 22.7 Å². The van der Waals surface area contributed by atoms with Gasteiger partial charge in [-0.3, -0.25) is 9.89 Å². The summed E-state index contributed by atoms with van der Waals surface area (Å²) >= 11 is 3.30. The Morgan fingerprint density at radius 3 is 2.54 bits per heavy atom. The molecule has 0 aromatic carbocycles. The van der Waals surface area contributed by atoms with Gasteiger partial charge in [0.05, 0.1) is 6.04 Å². The topological polar surface area (TPSA) is 69.8 Å². The molecule has 0 fully saturated rings. The maximum atomic E-state index is 12.8. The van der Waals surface area contributed by atoms with E-state index in [-0.39, 0.29) is 24.4 Å². The Morgan fingerprint density at radius 2 is 1.92 bits per heavy atom. The fourth-order valence-electron chi connectivity index (χ4n) is 2.81. The van der Waals surface area contributed by atoms with Crippen LogP contribution in [0.4, 0.5) is 0 Å². The van der Waals surface area contributed by atoms with Gasteiger partial charge < -0.3 is 10.6 Å². The molecule has 0 spiro atoms. The lowest BCUT2D eigenvalue weighted by Crippen LogP contribution is -2.31. The molecule has 8 heteroatoms. The van der Waals surface area contributed by atoms with Crippen LogP contribution in [0.2, 0.25) is 0 Å². The number of nitrogens with one attached hydrogen (secondary N) is 3. The maximum absolute atomic E-state index is 12.8. The molecule has 1 aliphatic rings. The van der Waals surface area contributed by atoms with Crippen LogP contribution in [0, 0.1) is 0 Å². The van der Waals surface area contributed by atoms with Crippen LogP contribution in [-0.2, 0) is 13.0 Å². The summed E-state index contributed by atoms with van der Waals surface area (Å²) in [6.45, 7) is 1.61. The summed E-state index contributed by atoms with van der Waals surface area (Å²) in [4.78, 5) is 15.0. The normalized spacial score (nSPS) is 13.4. The third-order valence-electron chi connectivity index (χ3n) is 3.95. The average Bonchev–Trinajstić information content (AvgIpc) is 3.33. The number of nitrogens with zero attached hydrogens (tertiary/aromatic N) is 1. The number of fused-ring (bicyclic) bond motifs is 1. The van der Waals surface area contributed by atoms with E-state index in [2.05, 4.69) is 33.0 Å². The van der Waals surface area contributed by atoms with Gasteiger partial charge in [0.1, 0.15) is 0 Å². The predicted molar refractivity (Wildman–Crippen MR) is 99.2 cm³/mol. The van der Waals surface area contributed by atoms with Crippen LogP contribution in [-0.4, -0.2) is 22.6 Å². The summed E-state index contributed by atoms with van der Waals surface area (Å²) in [5.74, 6) is -0.127. The van der Waals surface area contributed by atoms with Gasteiger partial charge in [0, 0.05) is 40.5 Å². The standard InChI is InChI=1S/C16H16N4OS2.ClH/c21-16(14-10-9-17-6-5-11(10)19-20-14)18-15(12-3-1-7-22-12)13-4-2-8-23-13;/h1-4,7-8,15,17H,5-6,9H2,(H,18,21)(H,19,20);1H. The van der Waals surface area contributed by atoms with Crippen molar-refractivity contribution in [1.29, 1.82) is 0 Å². The molecule has 1 aliphatic heterocycles. The first-order valence-electron chi connectivity index (χ1n) is 7.47. The van der Waals surface area contributed by atoms with Gasteiger partial charge in [-0.15, -0.1) is 35.1 Å². The highest BCUT2D eigenvalue weighted by atomic mass is 35.5. The fraction of sp³-hybridized carbons (Fsp3) is 0.250. The van der Waals surface area contributed by atoms with E-state index in [0.29, 0.717) is 12.2 Å². The SMILES string of the molecule is Cl.O=C(NC(c1cccs1)c1cccs1)c1n[nH]c2c1CNCC2. The highest BCUT2D eigenvalue weighted by Crippen LogP contribution is 2.29. The lowest BCUT2D eigenvalue weighted by atomic mass is 10.1. The predicted octanol–water partition coefficient (Wildman–Crippen LogP) is 3.12. The lowest BCUT2D eigenvalue weighted by Gasteiger charge is -2.17. The number of thiophene rings is 2. The number of carbonyl (C=O) groups excluding carboxylic acids is 1. The van der Waals surface area contributed by atoms with Crippen LogP contribution in [0.3, 0.4) is 0 Å². The molecule has 0 saturated carbocycles. The summed E-state index contributed by atoms with van der Waals surface area (Å²) in [7, 11) is 0. The monoisotopic (exact) mass is 380 g/mol. The molecule has 0 bridgehead atoms. The van der Waals surface area contributed by atoms with Crippen molar-refractivity contribution in [3.63, 3.8) is 0 Å². The van der Waals surface area contributed by atoms with Crippen molar-refractivity contribution in [2.75, 3.05) is 6.54 Å². The molecule has 0 aliphatic carbocycles. The Hall–Kier alpha value is -1.67. The number of carbonyl (C=O) groups is 1. The van der Waals surface area contributed by atoms with Crippen LogP contribution < -0.4 is 10.6 Å². The third kappa shape index (κ3) is 3.25. The third-order valence-corrected chi connectivity index (χ3v) is 5.83. The molecule has 3 aromatic rings. The lowest BCUT2D eigenvalue weighted by molar-refractivity contribution is 0.0938. The smallest absolute Gasteiger partial charge is 0.272 e. The van der Waals surface area contributed by atoms with Gasteiger partial charge in [0.25, 0.3) is 5.91 Å². The highest BCUT2D eigenvalue weighted by Gasteiger charge is 2.25. The van der Waals surface area contributed by atoms with E-state index in [1.807, 2.05) is 22.9 Å². The molecule has 1 amide bonds. The first-order chi connectivity index (χ1) is 11.3. The largest absolute Gasteiger partial charge is 0.338 e. The molecule has 24 heavy (non-hydrogen) atoms. The minimum atomic E-state index is -0.127. The van der Waals surface area contributed by atoms with E-state index < -0.39 is 0 Å². The molecular formula is C16H17ClN4OS2. The Labute approximate surface area is 153 Å². The van der Waals surface area contributed by atoms with Crippen LogP contribution >= 0.6 is 35.1 Å². The van der Waals surface area contributed by atoms with E-state index >= 15 is 0 Å². The zero-order chi connectivity index (χ0) is 15.6. The number of hydrogen-bond donors (Lipinski definition) is 3. The van der Waals surface area contributed by atoms with Gasteiger partial charge in [-0.2, -0.15) is 5.10 Å². The van der Waals surface area contributed by atoms with Gasteiger partial charge in [0.2, 0.25) is 0 Å². The zero-order valence-corrected chi connectivity index (χ0v) is 15.2. The number of H-pyrrole nitrogens is 1. The maximum Gasteiger partial charge on any atom is 0.272 e. The minimum Gasteiger partial charge on any atom is -0.338 e. The zero-order valence-electron chi connectivity index (χ0n) is 12.7. The molecule has 3 N–H and O–H groups in total. The van der Waals surface area contributed by atoms with Gasteiger partial charge >= 0.3 is 0 Å². The second-order valence-corrected chi connectivity index (χ2v) is 7.35. The van der Waals surface area contributed by atoms with Gasteiger partial charge in [-0.1, -0.05) is 12.1 Å². The Balaban J connectivity index is 0.00000169. The Morgan fingerprint density at radius 1 is 1.21 bits per heavy atom. The summed E-state index contributed by atoms with van der Waals surface area (Å²) < 4.78 is 0. The van der Waals surface area contributed by atoms with Crippen LogP contribution in [0.25, 0.3) is 0 Å². The number of hydrogen-bond acceptors (Lipinski definition) is 5. The van der Waals surface area contributed by atoms with E-state index in [9.17, 15) is 4.79 Å². The number of rotatable bonds is 4. The van der Waals surface area contributed by atoms with Crippen molar-refractivity contribution in [1.82, 2.24) is 20.8 Å². The second-order valence-electron chi connectivity index (χ2n) is 5.39. The van der Waals surface area contributed by atoms with E-state index in [1.165, 1.54) is 0 Å². The molecular weight excluding hydrogens is 364 g/mol. The molecule has 5 nitrogen and oxygen atoms in total. The van der Waals surface area contributed by atoms with Crippen LogP contribution in [0.15, 0.2) is 35.0 Å². The van der Waals surface area contributed by atoms with Crippen molar-refractivity contribution >= 4 is 41.0 Å². The van der Waals surface area contributed by atoms with Gasteiger partial charge in [-0.05, 0) is 22.9 Å². The molecule has 126 valence electrons. The molecule has 0 atom stereocenters. The van der Waals surface area contributed by atoms with Crippen molar-refractivity contribution in [2.24, 2.45) is 0 Å². The van der Waals surface area contributed by atoms with Gasteiger partial charge in [0.15, 0.2) is 5.69 Å². The van der Waals surface area contributed by atoms with Crippen LogP contribution in [0.5, 0.6) is 0 Å². The van der Waals surface area contributed by atoms with E-state index in [4.69, 9.17) is 0 Å². The summed E-state index contributed by atoms with van der Waals surface area (Å²) in [5.41, 5.74) is 2.56. The average molecular weight is 381 g/mol. The van der Waals surface area contributed by atoms with E-state index in [0.717, 1.165) is 34.0 Å². The van der Waals surface area contributed by atoms with Gasteiger partial charge in [-0.25, -0.2) is 0 Å². The molecule has 4 heterocycles. The molecule has 4 rings (SSSR count). The first kappa shape index (κ1) is 17.2. The molecule has 3 aromatic heterocycles. The molecule has 0 unspecified atom stereocenters. The van der Waals surface area contributed by atoms with Crippen molar-refractivity contribution in [3.05, 3.63) is 61.7 Å². The summed E-state index contributed by atoms with van der Waals surface area (Å²) in [6.07, 6.45) is 0.884. The van der Waals surface area contributed by atoms with Crippen molar-refractivity contribution in [2.45, 2.75) is 19.0 Å². The molecule has 0 radical (unpaired) electrons. The Kier molecular flexibility index (Phi) is 5.35. The quantitative estimate of drug-likeness (QED) is 0.651. The number of aromatic amines is 1. The van der Waals surface area contributed by atoms with Crippen molar-refractivity contribution in [3.8, 4) is 0 Å². The number of aromatic nitrogens is 2. The summed E-state index contributed by atoms with van der Waals surface area (Å²) in [5, 5.41) is 17.7. The number of halogens is 1. The van der Waals surface area contributed by atoms with Crippen LogP contribution in [0.1, 0.15) is 37.5 Å². The minimum absolute atomic E-state index is 0. The highest BCUT2D eigenvalue weighted by molar-refractivity contribution is 7.11. The number of amides is 1.